The van der Waals surface area contributed by atoms with E-state index in [1.165, 1.54) is 32.1 Å². The zero-order valence-electron chi connectivity index (χ0n) is 7.29. The summed E-state index contributed by atoms with van der Waals surface area (Å²) in [6.45, 7) is 2.39. The first-order valence-corrected chi connectivity index (χ1v) is 5.15. The van der Waals surface area contributed by atoms with Crippen molar-refractivity contribution in [3.8, 4) is 0 Å². The number of thiol groups is 1. The Hall–Kier alpha value is 0.0900. The molecule has 1 fully saturated rings. The summed E-state index contributed by atoms with van der Waals surface area (Å²) in [6, 6.07) is 0. The molecular formula is C10H18S. The van der Waals surface area contributed by atoms with Crippen LogP contribution in [-0.4, -0.2) is 0 Å². The molecule has 0 aromatic carbocycles. The van der Waals surface area contributed by atoms with Crippen molar-refractivity contribution < 1.29 is 0 Å². The first kappa shape index (κ1) is 9.18. The molecule has 0 saturated heterocycles. The molecule has 0 aliphatic heterocycles. The molecule has 0 bridgehead atoms. The molecular weight excluding hydrogens is 152 g/mol. The average molecular weight is 170 g/mol. The molecule has 2 unspecified atom stereocenters. The van der Waals surface area contributed by atoms with Gasteiger partial charge in [0.15, 0.2) is 0 Å². The zero-order valence-corrected chi connectivity index (χ0v) is 8.19. The molecule has 0 nitrogen and oxygen atoms in total. The molecule has 0 amide bonds. The lowest BCUT2D eigenvalue weighted by molar-refractivity contribution is 0.258. The van der Waals surface area contributed by atoms with Crippen LogP contribution in [-0.2, 0) is 0 Å². The van der Waals surface area contributed by atoms with Gasteiger partial charge in [0.2, 0.25) is 0 Å². The van der Waals surface area contributed by atoms with E-state index in [1.807, 2.05) is 5.41 Å². The molecule has 0 aromatic rings. The second-order valence-electron chi connectivity index (χ2n) is 3.64. The molecule has 1 aliphatic rings. The largest absolute Gasteiger partial charge is 0.152 e. The van der Waals surface area contributed by atoms with Gasteiger partial charge in [-0.05, 0) is 30.1 Å². The lowest BCUT2D eigenvalue weighted by atomic mass is 9.79. The molecule has 1 saturated carbocycles. The number of hydrogen-bond donors (Lipinski definition) is 1. The third kappa shape index (κ3) is 2.90. The first-order valence-electron chi connectivity index (χ1n) is 4.64. The quantitative estimate of drug-likeness (QED) is 0.601. The van der Waals surface area contributed by atoms with Crippen LogP contribution >= 0.6 is 12.6 Å². The number of rotatable bonds is 2. The Bertz CT molecular complexity index is 129. The Morgan fingerprint density at radius 1 is 1.36 bits per heavy atom. The van der Waals surface area contributed by atoms with E-state index >= 15 is 0 Å². The van der Waals surface area contributed by atoms with Crippen LogP contribution in [0, 0.1) is 11.8 Å². The van der Waals surface area contributed by atoms with Crippen LogP contribution in [0.1, 0.15) is 39.0 Å². The van der Waals surface area contributed by atoms with Crippen molar-refractivity contribution in [2.45, 2.75) is 39.0 Å². The molecule has 1 rings (SSSR count). The van der Waals surface area contributed by atoms with E-state index in [-0.39, 0.29) is 0 Å². The summed E-state index contributed by atoms with van der Waals surface area (Å²) in [5.41, 5.74) is 0. The van der Waals surface area contributed by atoms with Crippen LogP contribution in [0.5, 0.6) is 0 Å². The Morgan fingerprint density at radius 3 is 2.73 bits per heavy atom. The molecule has 0 spiro atoms. The summed E-state index contributed by atoms with van der Waals surface area (Å²) in [7, 11) is 0. The van der Waals surface area contributed by atoms with Crippen molar-refractivity contribution in [2.75, 3.05) is 0 Å². The standard InChI is InChI=1S/C10H18S/c1-9-5-2-3-6-10(9)7-4-8-11/h4,8-11H,2-3,5-7H2,1H3/b8-4+. The molecule has 1 heteroatoms. The SMILES string of the molecule is CC1CCCCC1C/C=C/S. The van der Waals surface area contributed by atoms with Crippen molar-refractivity contribution in [3.05, 3.63) is 11.5 Å². The highest BCUT2D eigenvalue weighted by Gasteiger charge is 2.19. The molecule has 2 atom stereocenters. The Morgan fingerprint density at radius 2 is 2.09 bits per heavy atom. The van der Waals surface area contributed by atoms with Crippen molar-refractivity contribution in [3.63, 3.8) is 0 Å². The molecule has 0 radical (unpaired) electrons. The summed E-state index contributed by atoms with van der Waals surface area (Å²) < 4.78 is 0. The second-order valence-corrected chi connectivity index (χ2v) is 3.94. The van der Waals surface area contributed by atoms with Crippen molar-refractivity contribution in [1.82, 2.24) is 0 Å². The highest BCUT2D eigenvalue weighted by Crippen LogP contribution is 2.31. The molecule has 64 valence electrons. The monoisotopic (exact) mass is 170 g/mol. The Balaban J connectivity index is 2.29. The van der Waals surface area contributed by atoms with E-state index in [1.54, 1.807) is 0 Å². The van der Waals surface area contributed by atoms with E-state index in [9.17, 15) is 0 Å². The third-order valence-corrected chi connectivity index (χ3v) is 3.04. The topological polar surface area (TPSA) is 0 Å². The van der Waals surface area contributed by atoms with Gasteiger partial charge >= 0.3 is 0 Å². The lowest BCUT2D eigenvalue weighted by Crippen LogP contribution is -2.15. The van der Waals surface area contributed by atoms with E-state index < -0.39 is 0 Å². The zero-order chi connectivity index (χ0) is 8.10. The van der Waals surface area contributed by atoms with Gasteiger partial charge in [-0.1, -0.05) is 32.3 Å². The number of hydrogen-bond acceptors (Lipinski definition) is 1. The summed E-state index contributed by atoms with van der Waals surface area (Å²) >= 11 is 4.07. The van der Waals surface area contributed by atoms with Gasteiger partial charge in [-0.15, -0.1) is 0 Å². The second kappa shape index (κ2) is 4.87. The van der Waals surface area contributed by atoms with Crippen molar-refractivity contribution in [1.29, 1.82) is 0 Å². The van der Waals surface area contributed by atoms with Gasteiger partial charge < -0.3 is 0 Å². The van der Waals surface area contributed by atoms with E-state index in [2.05, 4.69) is 25.6 Å². The number of allylic oxidation sites excluding steroid dienone is 1. The Kier molecular flexibility index (Phi) is 4.06. The van der Waals surface area contributed by atoms with Crippen LogP contribution in [0.15, 0.2) is 11.5 Å². The molecule has 0 N–H and O–H groups in total. The molecule has 11 heavy (non-hydrogen) atoms. The fourth-order valence-electron chi connectivity index (χ4n) is 1.98. The van der Waals surface area contributed by atoms with Gasteiger partial charge in [-0.25, -0.2) is 0 Å². The summed E-state index contributed by atoms with van der Waals surface area (Å²) in [5.74, 6) is 1.88. The highest BCUT2D eigenvalue weighted by atomic mass is 32.1. The maximum Gasteiger partial charge on any atom is -0.0312 e. The van der Waals surface area contributed by atoms with E-state index in [0.717, 1.165) is 11.8 Å². The lowest BCUT2D eigenvalue weighted by Gasteiger charge is -2.27. The maximum atomic E-state index is 4.07. The van der Waals surface area contributed by atoms with Gasteiger partial charge in [0.25, 0.3) is 0 Å². The van der Waals surface area contributed by atoms with Crippen LogP contribution in [0.25, 0.3) is 0 Å². The maximum absolute atomic E-state index is 4.07. The van der Waals surface area contributed by atoms with Gasteiger partial charge in [0.1, 0.15) is 0 Å². The predicted octanol–water partition coefficient (Wildman–Crippen LogP) is 3.65. The van der Waals surface area contributed by atoms with Crippen LogP contribution in [0.2, 0.25) is 0 Å². The normalized spacial score (nSPS) is 32.9. The van der Waals surface area contributed by atoms with Gasteiger partial charge in [0, 0.05) is 0 Å². The summed E-state index contributed by atoms with van der Waals surface area (Å²) in [4.78, 5) is 0. The minimum absolute atomic E-state index is 0.937. The smallest absolute Gasteiger partial charge is 0.0312 e. The minimum Gasteiger partial charge on any atom is -0.152 e. The summed E-state index contributed by atoms with van der Waals surface area (Å²) in [5, 5.41) is 1.88. The molecule has 1 aliphatic carbocycles. The fourth-order valence-corrected chi connectivity index (χ4v) is 2.10. The van der Waals surface area contributed by atoms with Gasteiger partial charge in [0.05, 0.1) is 0 Å². The highest BCUT2D eigenvalue weighted by molar-refractivity contribution is 7.83. The fraction of sp³-hybridized carbons (Fsp3) is 0.800. The van der Waals surface area contributed by atoms with Gasteiger partial charge in [-0.3, -0.25) is 0 Å². The van der Waals surface area contributed by atoms with Crippen LogP contribution < -0.4 is 0 Å². The van der Waals surface area contributed by atoms with E-state index in [4.69, 9.17) is 0 Å². The Labute approximate surface area is 75.5 Å². The third-order valence-electron chi connectivity index (χ3n) is 2.83. The summed E-state index contributed by atoms with van der Waals surface area (Å²) in [6.07, 6.45) is 9.18. The first-order chi connectivity index (χ1) is 5.34. The van der Waals surface area contributed by atoms with Gasteiger partial charge in [-0.2, -0.15) is 12.6 Å². The van der Waals surface area contributed by atoms with Crippen molar-refractivity contribution in [2.24, 2.45) is 11.8 Å². The van der Waals surface area contributed by atoms with Crippen LogP contribution in [0.3, 0.4) is 0 Å². The molecule has 0 aromatic heterocycles. The average Bonchev–Trinajstić information content (AvgIpc) is 2.03. The van der Waals surface area contributed by atoms with Crippen molar-refractivity contribution >= 4 is 12.6 Å². The predicted molar refractivity (Wildman–Crippen MR) is 53.9 cm³/mol. The minimum atomic E-state index is 0.937. The van der Waals surface area contributed by atoms with Crippen LogP contribution in [0.4, 0.5) is 0 Å². The molecule has 0 heterocycles. The van der Waals surface area contributed by atoms with E-state index in [0.29, 0.717) is 0 Å².